The molecule has 2 heterocycles. The van der Waals surface area contributed by atoms with E-state index in [4.69, 9.17) is 0 Å². The number of sulfonamides is 1. The number of aryl methyl sites for hydroxylation is 2. The van der Waals surface area contributed by atoms with Crippen LogP contribution < -0.4 is 10.0 Å². The highest BCUT2D eigenvalue weighted by Gasteiger charge is 2.24. The van der Waals surface area contributed by atoms with E-state index in [-0.39, 0.29) is 11.4 Å². The van der Waals surface area contributed by atoms with Crippen LogP contribution in [0.4, 0.5) is 0 Å². The predicted molar refractivity (Wildman–Crippen MR) is 81.6 cm³/mol. The van der Waals surface area contributed by atoms with E-state index in [2.05, 4.69) is 25.2 Å². The Morgan fingerprint density at radius 1 is 1.33 bits per heavy atom. The third-order valence-electron chi connectivity index (χ3n) is 2.88. The molecule has 3 N–H and O–H groups in total. The Hall–Kier alpha value is -1.29. The van der Waals surface area contributed by atoms with Crippen LogP contribution in [0.25, 0.3) is 0 Å². The minimum Gasteiger partial charge on any atom is -0.311 e. The van der Waals surface area contributed by atoms with Crippen LogP contribution in [0.15, 0.2) is 10.3 Å². The Kier molecular flexibility index (Phi) is 5.09. The SMILES string of the molecule is CCNCc1n[nH]c(C)c1S(=O)(=O)NCc1csc(C)n1. The van der Waals surface area contributed by atoms with Crippen LogP contribution in [0.3, 0.4) is 0 Å². The average molecular weight is 329 g/mol. The van der Waals surface area contributed by atoms with Gasteiger partial charge in [0.2, 0.25) is 10.0 Å². The van der Waals surface area contributed by atoms with Gasteiger partial charge in [0.15, 0.2) is 0 Å². The molecule has 0 amide bonds. The normalized spacial score (nSPS) is 12.0. The van der Waals surface area contributed by atoms with Crippen molar-refractivity contribution < 1.29 is 8.42 Å². The van der Waals surface area contributed by atoms with Crippen molar-refractivity contribution in [3.05, 3.63) is 27.5 Å². The number of H-pyrrole nitrogens is 1. The van der Waals surface area contributed by atoms with E-state index in [0.29, 0.717) is 17.9 Å². The molecule has 2 rings (SSSR count). The summed E-state index contributed by atoms with van der Waals surface area (Å²) in [5, 5.41) is 12.6. The molecule has 0 aromatic carbocycles. The molecule has 116 valence electrons. The molecule has 0 aliphatic heterocycles. The maximum Gasteiger partial charge on any atom is 0.244 e. The van der Waals surface area contributed by atoms with Gasteiger partial charge in [-0.2, -0.15) is 5.10 Å². The third-order valence-corrected chi connectivity index (χ3v) is 5.31. The number of nitrogens with zero attached hydrogens (tertiary/aromatic N) is 2. The first-order valence-electron chi connectivity index (χ1n) is 6.59. The molecule has 21 heavy (non-hydrogen) atoms. The van der Waals surface area contributed by atoms with Gasteiger partial charge in [0, 0.05) is 11.9 Å². The number of rotatable bonds is 7. The second kappa shape index (κ2) is 6.65. The van der Waals surface area contributed by atoms with E-state index in [1.165, 1.54) is 11.3 Å². The number of aromatic amines is 1. The molecule has 0 saturated carbocycles. The summed E-state index contributed by atoms with van der Waals surface area (Å²) in [6.45, 7) is 6.87. The van der Waals surface area contributed by atoms with E-state index in [9.17, 15) is 8.42 Å². The number of thiazole rings is 1. The van der Waals surface area contributed by atoms with Crippen LogP contribution >= 0.6 is 11.3 Å². The fourth-order valence-corrected chi connectivity index (χ4v) is 3.89. The second-order valence-electron chi connectivity index (χ2n) is 4.59. The Bertz CT molecular complexity index is 705. The average Bonchev–Trinajstić information content (AvgIpc) is 3.00. The highest BCUT2D eigenvalue weighted by molar-refractivity contribution is 7.89. The van der Waals surface area contributed by atoms with Crippen molar-refractivity contribution in [2.24, 2.45) is 0 Å². The van der Waals surface area contributed by atoms with Gasteiger partial charge >= 0.3 is 0 Å². The molecule has 0 bridgehead atoms. The van der Waals surface area contributed by atoms with Crippen molar-refractivity contribution in [2.45, 2.75) is 38.8 Å². The van der Waals surface area contributed by atoms with Gasteiger partial charge in [-0.3, -0.25) is 5.10 Å². The summed E-state index contributed by atoms with van der Waals surface area (Å²) in [5.74, 6) is 0. The zero-order valence-corrected chi connectivity index (χ0v) is 13.9. The van der Waals surface area contributed by atoms with Crippen LogP contribution in [0.1, 0.15) is 29.0 Å². The molecule has 2 aromatic rings. The molecule has 0 saturated heterocycles. The summed E-state index contributed by atoms with van der Waals surface area (Å²) in [4.78, 5) is 4.46. The summed E-state index contributed by atoms with van der Waals surface area (Å²) in [6, 6.07) is 0. The van der Waals surface area contributed by atoms with E-state index >= 15 is 0 Å². The van der Waals surface area contributed by atoms with Crippen molar-refractivity contribution in [1.82, 2.24) is 25.2 Å². The number of aromatic nitrogens is 3. The van der Waals surface area contributed by atoms with Crippen LogP contribution in [-0.2, 0) is 23.1 Å². The van der Waals surface area contributed by atoms with E-state index in [1.54, 1.807) is 6.92 Å². The van der Waals surface area contributed by atoms with E-state index in [0.717, 1.165) is 17.2 Å². The molecule has 9 heteroatoms. The maximum atomic E-state index is 12.5. The van der Waals surface area contributed by atoms with Gasteiger partial charge in [0.25, 0.3) is 0 Å². The van der Waals surface area contributed by atoms with Crippen molar-refractivity contribution in [1.29, 1.82) is 0 Å². The highest BCUT2D eigenvalue weighted by atomic mass is 32.2. The maximum absolute atomic E-state index is 12.5. The minimum atomic E-state index is -3.62. The van der Waals surface area contributed by atoms with Gasteiger partial charge in [-0.1, -0.05) is 6.92 Å². The Labute approximate surface area is 128 Å². The Morgan fingerprint density at radius 3 is 2.71 bits per heavy atom. The third kappa shape index (κ3) is 3.88. The first kappa shape index (κ1) is 16.1. The summed E-state index contributed by atoms with van der Waals surface area (Å²) in [6.07, 6.45) is 0. The molecule has 0 radical (unpaired) electrons. The molecular weight excluding hydrogens is 310 g/mol. The molecule has 0 fully saturated rings. The largest absolute Gasteiger partial charge is 0.311 e. The number of nitrogens with one attached hydrogen (secondary N) is 3. The van der Waals surface area contributed by atoms with E-state index < -0.39 is 10.0 Å². The molecule has 0 aliphatic rings. The lowest BCUT2D eigenvalue weighted by Crippen LogP contribution is -2.25. The Balaban J connectivity index is 2.17. The molecule has 7 nitrogen and oxygen atoms in total. The summed E-state index contributed by atoms with van der Waals surface area (Å²) in [7, 11) is -3.62. The molecule has 0 atom stereocenters. The van der Waals surface area contributed by atoms with E-state index in [1.807, 2.05) is 19.2 Å². The van der Waals surface area contributed by atoms with Crippen LogP contribution in [-0.4, -0.2) is 30.1 Å². The van der Waals surface area contributed by atoms with Gasteiger partial charge in [0.05, 0.1) is 28.6 Å². The lowest BCUT2D eigenvalue weighted by Gasteiger charge is -2.07. The fourth-order valence-electron chi connectivity index (χ4n) is 1.92. The van der Waals surface area contributed by atoms with Crippen molar-refractivity contribution in [3.8, 4) is 0 Å². The fraction of sp³-hybridized carbons (Fsp3) is 0.500. The lowest BCUT2D eigenvalue weighted by atomic mass is 10.3. The van der Waals surface area contributed by atoms with Gasteiger partial charge in [-0.05, 0) is 20.4 Å². The van der Waals surface area contributed by atoms with Crippen molar-refractivity contribution in [3.63, 3.8) is 0 Å². The standard InChI is InChI=1S/C12H19N5O2S2/c1-4-13-6-11-12(8(2)16-17-11)21(18,19)14-5-10-7-20-9(3)15-10/h7,13-14H,4-6H2,1-3H3,(H,16,17). The smallest absolute Gasteiger partial charge is 0.244 e. The molecule has 0 unspecified atom stereocenters. The van der Waals surface area contributed by atoms with Gasteiger partial charge in [0.1, 0.15) is 4.90 Å². The monoisotopic (exact) mass is 329 g/mol. The molecule has 0 aliphatic carbocycles. The first-order chi connectivity index (χ1) is 9.94. The van der Waals surface area contributed by atoms with Crippen molar-refractivity contribution in [2.75, 3.05) is 6.54 Å². The van der Waals surface area contributed by atoms with Gasteiger partial charge in [-0.25, -0.2) is 18.1 Å². The molecular formula is C12H19N5O2S2. The van der Waals surface area contributed by atoms with Crippen molar-refractivity contribution >= 4 is 21.4 Å². The zero-order valence-electron chi connectivity index (χ0n) is 12.2. The lowest BCUT2D eigenvalue weighted by molar-refractivity contribution is 0.577. The summed E-state index contributed by atoms with van der Waals surface area (Å²) < 4.78 is 27.5. The predicted octanol–water partition coefficient (Wildman–Crippen LogP) is 1.07. The number of hydrogen-bond acceptors (Lipinski definition) is 6. The summed E-state index contributed by atoms with van der Waals surface area (Å²) in [5.41, 5.74) is 1.75. The topological polar surface area (TPSA) is 99.8 Å². The van der Waals surface area contributed by atoms with Gasteiger partial charge < -0.3 is 5.32 Å². The highest BCUT2D eigenvalue weighted by Crippen LogP contribution is 2.18. The first-order valence-corrected chi connectivity index (χ1v) is 8.95. The quantitative estimate of drug-likeness (QED) is 0.705. The van der Waals surface area contributed by atoms with Crippen LogP contribution in [0.2, 0.25) is 0 Å². The summed E-state index contributed by atoms with van der Waals surface area (Å²) >= 11 is 1.50. The van der Waals surface area contributed by atoms with Crippen LogP contribution in [0.5, 0.6) is 0 Å². The molecule has 0 spiro atoms. The zero-order chi connectivity index (χ0) is 15.5. The molecule has 2 aromatic heterocycles. The second-order valence-corrected chi connectivity index (χ2v) is 7.35. The Morgan fingerprint density at radius 2 is 2.10 bits per heavy atom. The van der Waals surface area contributed by atoms with Crippen LogP contribution in [0, 0.1) is 13.8 Å². The number of hydrogen-bond donors (Lipinski definition) is 3. The minimum absolute atomic E-state index is 0.179. The van der Waals surface area contributed by atoms with Gasteiger partial charge in [-0.15, -0.1) is 11.3 Å².